The van der Waals surface area contributed by atoms with Crippen molar-refractivity contribution in [1.29, 1.82) is 0 Å². The summed E-state index contributed by atoms with van der Waals surface area (Å²) in [5.41, 5.74) is 2.54. The molecular weight excluding hydrogens is 419 g/mol. The molecule has 0 N–H and O–H groups in total. The average molecular weight is 443 g/mol. The van der Waals surface area contributed by atoms with E-state index in [1.165, 1.54) is 35.5 Å². The summed E-state index contributed by atoms with van der Waals surface area (Å²) < 4.78 is 19.8. The minimum Gasteiger partial charge on any atom is -0.464 e. The highest BCUT2D eigenvalue weighted by Crippen LogP contribution is 2.24. The zero-order chi connectivity index (χ0) is 22.7. The summed E-state index contributed by atoms with van der Waals surface area (Å²) in [6.45, 7) is 3.41. The second-order valence-electron chi connectivity index (χ2n) is 7.17. The van der Waals surface area contributed by atoms with Crippen molar-refractivity contribution in [3.63, 3.8) is 0 Å². The minimum atomic E-state index is -0.528. The van der Waals surface area contributed by atoms with Crippen LogP contribution in [0.15, 0.2) is 41.8 Å². The molecule has 2 aromatic heterocycles. The van der Waals surface area contributed by atoms with Crippen LogP contribution < -0.4 is 0 Å². The number of hydrogen-bond acceptors (Lipinski definition) is 5. The molecule has 0 aliphatic rings. The summed E-state index contributed by atoms with van der Waals surface area (Å²) in [5, 5.41) is 1.79. The number of hydrogen-bond donors (Lipinski definition) is 0. The van der Waals surface area contributed by atoms with Crippen molar-refractivity contribution in [2.24, 2.45) is 7.05 Å². The molecule has 8 heteroatoms. The lowest BCUT2D eigenvalue weighted by Gasteiger charge is -2.22. The summed E-state index contributed by atoms with van der Waals surface area (Å²) >= 11 is 1.29. The van der Waals surface area contributed by atoms with Crippen molar-refractivity contribution in [3.05, 3.63) is 80.6 Å². The standard InChI is InChI=1S/C23H23FN2O4S/c1-14-20(15(2)25(3)21(14)23(29)30-4)18(27)13-26(22(28)19-6-5-11-31-19)12-16-7-9-17(24)10-8-16/h5-11H,12-13H2,1-4H3. The molecule has 0 radical (unpaired) electrons. The molecule has 6 nitrogen and oxygen atoms in total. The van der Waals surface area contributed by atoms with Gasteiger partial charge < -0.3 is 14.2 Å². The number of thiophene rings is 1. The number of amides is 1. The van der Waals surface area contributed by atoms with Gasteiger partial charge in [0.1, 0.15) is 11.5 Å². The third kappa shape index (κ3) is 4.59. The molecule has 31 heavy (non-hydrogen) atoms. The van der Waals surface area contributed by atoms with E-state index < -0.39 is 5.97 Å². The first kappa shape index (κ1) is 22.4. The van der Waals surface area contributed by atoms with Crippen molar-refractivity contribution in [2.45, 2.75) is 20.4 Å². The van der Waals surface area contributed by atoms with Crippen molar-refractivity contribution < 1.29 is 23.5 Å². The molecule has 0 bridgehead atoms. The van der Waals surface area contributed by atoms with Crippen LogP contribution in [-0.2, 0) is 18.3 Å². The molecule has 1 amide bonds. The van der Waals surface area contributed by atoms with E-state index in [4.69, 9.17) is 4.74 Å². The number of nitrogens with zero attached hydrogens (tertiary/aromatic N) is 2. The number of esters is 1. The maximum absolute atomic E-state index is 13.3. The van der Waals surface area contributed by atoms with E-state index in [-0.39, 0.29) is 30.6 Å². The predicted octanol–water partition coefficient (Wildman–Crippen LogP) is 4.15. The second kappa shape index (κ2) is 9.26. The van der Waals surface area contributed by atoms with Gasteiger partial charge in [0.05, 0.1) is 18.5 Å². The lowest BCUT2D eigenvalue weighted by molar-refractivity contribution is 0.0588. The maximum atomic E-state index is 13.3. The fourth-order valence-corrected chi connectivity index (χ4v) is 4.28. The first-order valence-corrected chi connectivity index (χ1v) is 10.5. The predicted molar refractivity (Wildman–Crippen MR) is 116 cm³/mol. The third-order valence-corrected chi connectivity index (χ3v) is 6.09. The molecule has 0 spiro atoms. The molecule has 0 fully saturated rings. The van der Waals surface area contributed by atoms with E-state index in [1.54, 1.807) is 55.1 Å². The fourth-order valence-electron chi connectivity index (χ4n) is 3.59. The second-order valence-corrected chi connectivity index (χ2v) is 8.12. The van der Waals surface area contributed by atoms with Crippen LogP contribution in [0, 0.1) is 19.7 Å². The maximum Gasteiger partial charge on any atom is 0.354 e. The zero-order valence-corrected chi connectivity index (χ0v) is 18.6. The summed E-state index contributed by atoms with van der Waals surface area (Å²) in [4.78, 5) is 40.4. The normalized spacial score (nSPS) is 10.7. The van der Waals surface area contributed by atoms with Gasteiger partial charge in [0, 0.05) is 24.8 Å². The highest BCUT2D eigenvalue weighted by molar-refractivity contribution is 7.12. The number of carbonyl (C=O) groups excluding carboxylic acids is 3. The Labute approximate surface area is 183 Å². The molecule has 1 aromatic carbocycles. The summed E-state index contributed by atoms with van der Waals surface area (Å²) in [5.74, 6) is -1.47. The van der Waals surface area contributed by atoms with E-state index in [0.29, 0.717) is 33.0 Å². The number of ketones is 1. The average Bonchev–Trinajstić information content (AvgIpc) is 3.35. The Hall–Kier alpha value is -3.26. The lowest BCUT2D eigenvalue weighted by atomic mass is 10.0. The van der Waals surface area contributed by atoms with E-state index in [0.717, 1.165) is 0 Å². The molecule has 2 heterocycles. The number of ether oxygens (including phenoxy) is 1. The summed E-state index contributed by atoms with van der Waals surface area (Å²) in [6.07, 6.45) is 0. The third-order valence-electron chi connectivity index (χ3n) is 5.23. The minimum absolute atomic E-state index is 0.150. The van der Waals surface area contributed by atoms with Crippen molar-refractivity contribution in [2.75, 3.05) is 13.7 Å². The zero-order valence-electron chi connectivity index (χ0n) is 17.8. The van der Waals surface area contributed by atoms with Crippen LogP contribution in [0.25, 0.3) is 0 Å². The van der Waals surface area contributed by atoms with E-state index >= 15 is 0 Å². The molecule has 0 saturated carbocycles. The molecule has 162 valence electrons. The summed E-state index contributed by atoms with van der Waals surface area (Å²) in [6, 6.07) is 9.28. The number of methoxy groups -OCH3 is 1. The fraction of sp³-hybridized carbons (Fsp3) is 0.261. The lowest BCUT2D eigenvalue weighted by Crippen LogP contribution is -2.35. The molecule has 0 saturated heterocycles. The van der Waals surface area contributed by atoms with Gasteiger partial charge >= 0.3 is 5.97 Å². The van der Waals surface area contributed by atoms with E-state index in [1.807, 2.05) is 0 Å². The molecule has 0 aliphatic heterocycles. The van der Waals surface area contributed by atoms with E-state index in [2.05, 4.69) is 0 Å². The van der Waals surface area contributed by atoms with Crippen molar-refractivity contribution in [1.82, 2.24) is 9.47 Å². The SMILES string of the molecule is COC(=O)c1c(C)c(C(=O)CN(Cc2ccc(F)cc2)C(=O)c2cccs2)c(C)n1C. The van der Waals surface area contributed by atoms with Crippen molar-refractivity contribution in [3.8, 4) is 0 Å². The van der Waals surface area contributed by atoms with Crippen LogP contribution in [-0.4, -0.2) is 40.8 Å². The molecule has 0 aliphatic carbocycles. The number of benzene rings is 1. The van der Waals surface area contributed by atoms with Gasteiger partial charge in [0.25, 0.3) is 5.91 Å². The van der Waals surface area contributed by atoms with Crippen LogP contribution in [0.4, 0.5) is 4.39 Å². The summed E-state index contributed by atoms with van der Waals surface area (Å²) in [7, 11) is 2.98. The molecule has 0 atom stereocenters. The Bertz CT molecular complexity index is 1120. The smallest absolute Gasteiger partial charge is 0.354 e. The Morgan fingerprint density at radius 3 is 2.39 bits per heavy atom. The number of carbonyl (C=O) groups is 3. The largest absolute Gasteiger partial charge is 0.464 e. The molecule has 3 rings (SSSR count). The van der Waals surface area contributed by atoms with Gasteiger partial charge in [0.15, 0.2) is 5.78 Å². The molecule has 3 aromatic rings. The van der Waals surface area contributed by atoms with Crippen LogP contribution in [0.3, 0.4) is 0 Å². The first-order valence-electron chi connectivity index (χ1n) is 9.59. The van der Waals surface area contributed by atoms with Gasteiger partial charge in [-0.1, -0.05) is 18.2 Å². The number of Topliss-reactive ketones (excluding diaryl/α,β-unsaturated/α-hetero) is 1. The molecule has 0 unspecified atom stereocenters. The van der Waals surface area contributed by atoms with Gasteiger partial charge in [-0.25, -0.2) is 9.18 Å². The van der Waals surface area contributed by atoms with Crippen LogP contribution in [0.5, 0.6) is 0 Å². The quantitative estimate of drug-likeness (QED) is 0.407. The van der Waals surface area contributed by atoms with Crippen molar-refractivity contribution >= 4 is 29.0 Å². The number of aromatic nitrogens is 1. The Balaban J connectivity index is 1.94. The van der Waals surface area contributed by atoms with Gasteiger partial charge in [-0.15, -0.1) is 11.3 Å². The Kier molecular flexibility index (Phi) is 6.70. The topological polar surface area (TPSA) is 68.6 Å². The van der Waals surface area contributed by atoms with E-state index in [9.17, 15) is 18.8 Å². The Morgan fingerprint density at radius 1 is 1.13 bits per heavy atom. The molecular formula is C23H23FN2O4S. The highest BCUT2D eigenvalue weighted by atomic mass is 32.1. The van der Waals surface area contributed by atoms with Gasteiger partial charge in [0.2, 0.25) is 0 Å². The first-order chi connectivity index (χ1) is 14.7. The van der Waals surface area contributed by atoms with Gasteiger partial charge in [-0.2, -0.15) is 0 Å². The van der Waals surface area contributed by atoms with Crippen LogP contribution in [0.2, 0.25) is 0 Å². The monoisotopic (exact) mass is 442 g/mol. The van der Waals surface area contributed by atoms with Gasteiger partial charge in [-0.05, 0) is 48.6 Å². The number of halogens is 1. The van der Waals surface area contributed by atoms with Gasteiger partial charge in [-0.3, -0.25) is 9.59 Å². The number of rotatable bonds is 7. The van der Waals surface area contributed by atoms with Crippen LogP contribution >= 0.6 is 11.3 Å². The highest BCUT2D eigenvalue weighted by Gasteiger charge is 2.28. The Morgan fingerprint density at radius 2 is 1.81 bits per heavy atom. The van der Waals surface area contributed by atoms with Crippen LogP contribution in [0.1, 0.15) is 47.3 Å².